The van der Waals surface area contributed by atoms with Gasteiger partial charge in [-0.2, -0.15) is 0 Å². The van der Waals surface area contributed by atoms with Crippen molar-refractivity contribution >= 4 is 21.6 Å². The van der Waals surface area contributed by atoms with Crippen LogP contribution in [0.25, 0.3) is 0 Å². The third-order valence-corrected chi connectivity index (χ3v) is 3.58. The van der Waals surface area contributed by atoms with Crippen LogP contribution < -0.4 is 5.32 Å². The Morgan fingerprint density at radius 1 is 1.36 bits per heavy atom. The summed E-state index contributed by atoms with van der Waals surface area (Å²) in [7, 11) is 0. The second-order valence-corrected chi connectivity index (χ2v) is 5.23. The van der Waals surface area contributed by atoms with E-state index in [1.165, 1.54) is 12.1 Å². The number of hydrogen-bond donors (Lipinski definition) is 1. The van der Waals surface area contributed by atoms with Gasteiger partial charge in [-0.1, -0.05) is 22.9 Å². The van der Waals surface area contributed by atoms with Crippen molar-refractivity contribution in [1.82, 2.24) is 0 Å². The molecular weight excluding hydrogens is 238 g/mol. The lowest BCUT2D eigenvalue weighted by Crippen LogP contribution is -2.18. The lowest BCUT2D eigenvalue weighted by molar-refractivity contribution is 0.645. The first-order valence-electron chi connectivity index (χ1n) is 5.19. The maximum atomic E-state index is 3.54. The van der Waals surface area contributed by atoms with Gasteiger partial charge in [-0.05, 0) is 49.4 Å². The summed E-state index contributed by atoms with van der Waals surface area (Å²) in [5.41, 5.74) is 1.22. The van der Waals surface area contributed by atoms with Gasteiger partial charge in [0.1, 0.15) is 0 Å². The van der Waals surface area contributed by atoms with E-state index in [0.29, 0.717) is 6.04 Å². The van der Waals surface area contributed by atoms with Crippen molar-refractivity contribution in [2.45, 2.75) is 26.3 Å². The molecule has 2 heteroatoms. The van der Waals surface area contributed by atoms with Gasteiger partial charge in [0.2, 0.25) is 0 Å². The molecule has 0 heterocycles. The van der Waals surface area contributed by atoms with Gasteiger partial charge in [0.25, 0.3) is 0 Å². The fourth-order valence-corrected chi connectivity index (χ4v) is 2.23. The highest BCUT2D eigenvalue weighted by Crippen LogP contribution is 2.41. The van der Waals surface area contributed by atoms with Crippen LogP contribution in [0.5, 0.6) is 0 Å². The Labute approximate surface area is 94.0 Å². The lowest BCUT2D eigenvalue weighted by atomic mass is 10.1. The first kappa shape index (κ1) is 10.0. The molecule has 3 unspecified atom stereocenters. The third kappa shape index (κ3) is 2.30. The summed E-state index contributed by atoms with van der Waals surface area (Å²) < 4.78 is 1.13. The zero-order chi connectivity index (χ0) is 10.1. The molecule has 1 N–H and O–H groups in total. The smallest absolute Gasteiger partial charge is 0.0343 e. The Balaban J connectivity index is 1.93. The van der Waals surface area contributed by atoms with Gasteiger partial charge in [0.15, 0.2) is 0 Å². The average molecular weight is 254 g/mol. The largest absolute Gasteiger partial charge is 0.382 e. The van der Waals surface area contributed by atoms with Crippen molar-refractivity contribution in [1.29, 1.82) is 0 Å². The van der Waals surface area contributed by atoms with Gasteiger partial charge < -0.3 is 5.32 Å². The number of halogens is 1. The number of hydrogen-bond acceptors (Lipinski definition) is 1. The van der Waals surface area contributed by atoms with Crippen LogP contribution >= 0.6 is 15.9 Å². The molecular formula is C12H16BrN. The van der Waals surface area contributed by atoms with Gasteiger partial charge >= 0.3 is 0 Å². The van der Waals surface area contributed by atoms with E-state index in [1.54, 1.807) is 0 Å². The fraction of sp³-hybridized carbons (Fsp3) is 0.500. The minimum Gasteiger partial charge on any atom is -0.382 e. The van der Waals surface area contributed by atoms with Crippen LogP contribution in [0.3, 0.4) is 0 Å². The molecule has 0 amide bonds. The summed E-state index contributed by atoms with van der Waals surface area (Å²) in [4.78, 5) is 0. The first-order valence-corrected chi connectivity index (χ1v) is 5.98. The average Bonchev–Trinajstić information content (AvgIpc) is 2.87. The van der Waals surface area contributed by atoms with Gasteiger partial charge in [-0.25, -0.2) is 0 Å². The quantitative estimate of drug-likeness (QED) is 0.862. The molecule has 0 aliphatic heterocycles. The monoisotopic (exact) mass is 253 g/mol. The van der Waals surface area contributed by atoms with Crippen molar-refractivity contribution in [2.75, 3.05) is 5.32 Å². The first-order chi connectivity index (χ1) is 6.66. The molecule has 0 radical (unpaired) electrons. The molecule has 76 valence electrons. The highest BCUT2D eigenvalue weighted by Gasteiger charge is 2.36. The molecule has 1 aliphatic rings. The van der Waals surface area contributed by atoms with E-state index >= 15 is 0 Å². The molecule has 0 spiro atoms. The summed E-state index contributed by atoms with van der Waals surface area (Å²) in [6, 6.07) is 8.99. The maximum Gasteiger partial charge on any atom is 0.0343 e. The second-order valence-electron chi connectivity index (χ2n) is 4.32. The molecule has 0 aromatic heterocycles. The summed E-state index contributed by atoms with van der Waals surface area (Å²) in [6.45, 7) is 4.60. The number of anilines is 1. The number of rotatable bonds is 3. The molecule has 1 aromatic rings. The van der Waals surface area contributed by atoms with Crippen molar-refractivity contribution < 1.29 is 0 Å². The van der Waals surface area contributed by atoms with Gasteiger partial charge in [0.05, 0.1) is 0 Å². The van der Waals surface area contributed by atoms with E-state index in [0.717, 1.165) is 16.3 Å². The molecule has 3 atom stereocenters. The number of benzene rings is 1. The van der Waals surface area contributed by atoms with Gasteiger partial charge in [-0.15, -0.1) is 0 Å². The molecule has 14 heavy (non-hydrogen) atoms. The Morgan fingerprint density at radius 3 is 2.43 bits per heavy atom. The van der Waals surface area contributed by atoms with E-state index < -0.39 is 0 Å². The van der Waals surface area contributed by atoms with Crippen molar-refractivity contribution in [2.24, 2.45) is 11.8 Å². The van der Waals surface area contributed by atoms with Crippen molar-refractivity contribution in [3.63, 3.8) is 0 Å². The van der Waals surface area contributed by atoms with Crippen LogP contribution in [-0.4, -0.2) is 6.04 Å². The molecule has 1 saturated carbocycles. The summed E-state index contributed by atoms with van der Waals surface area (Å²) in [5.74, 6) is 1.78. The minimum absolute atomic E-state index is 0.603. The van der Waals surface area contributed by atoms with Crippen LogP contribution in [0.4, 0.5) is 5.69 Å². The molecule has 1 aromatic carbocycles. The summed E-state index contributed by atoms with van der Waals surface area (Å²) in [6.07, 6.45) is 1.38. The molecule has 0 bridgehead atoms. The maximum absolute atomic E-state index is 3.54. The zero-order valence-electron chi connectivity index (χ0n) is 8.63. The van der Waals surface area contributed by atoms with Crippen LogP contribution in [0.15, 0.2) is 28.7 Å². The van der Waals surface area contributed by atoms with E-state index in [2.05, 4.69) is 59.4 Å². The van der Waals surface area contributed by atoms with E-state index in [4.69, 9.17) is 0 Å². The fourth-order valence-electron chi connectivity index (χ4n) is 1.96. The van der Waals surface area contributed by atoms with Gasteiger partial charge in [0, 0.05) is 16.2 Å². The molecule has 2 rings (SSSR count). The highest BCUT2D eigenvalue weighted by molar-refractivity contribution is 9.10. The van der Waals surface area contributed by atoms with Gasteiger partial charge in [-0.3, -0.25) is 0 Å². The Hall–Kier alpha value is -0.500. The standard InChI is InChI=1S/C12H16BrN/c1-8-7-12(8)9(2)14-11-5-3-10(13)4-6-11/h3-6,8-9,12,14H,7H2,1-2H3. The highest BCUT2D eigenvalue weighted by atomic mass is 79.9. The SMILES string of the molecule is CC1CC1C(C)Nc1ccc(Br)cc1. The second kappa shape index (κ2) is 3.93. The van der Waals surface area contributed by atoms with Crippen molar-refractivity contribution in [3.05, 3.63) is 28.7 Å². The molecule has 1 fully saturated rings. The zero-order valence-corrected chi connectivity index (χ0v) is 10.2. The number of nitrogens with one attached hydrogen (secondary N) is 1. The predicted octanol–water partition coefficient (Wildman–Crippen LogP) is 3.91. The summed E-state index contributed by atoms with van der Waals surface area (Å²) >= 11 is 3.43. The molecule has 0 saturated heterocycles. The Kier molecular flexibility index (Phi) is 2.82. The lowest BCUT2D eigenvalue weighted by Gasteiger charge is -2.14. The Morgan fingerprint density at radius 2 is 1.93 bits per heavy atom. The van der Waals surface area contributed by atoms with E-state index in [9.17, 15) is 0 Å². The van der Waals surface area contributed by atoms with E-state index in [1.807, 2.05) is 0 Å². The van der Waals surface area contributed by atoms with Crippen LogP contribution in [-0.2, 0) is 0 Å². The third-order valence-electron chi connectivity index (χ3n) is 3.05. The van der Waals surface area contributed by atoms with Crippen LogP contribution in [0.2, 0.25) is 0 Å². The molecule has 1 aliphatic carbocycles. The van der Waals surface area contributed by atoms with E-state index in [-0.39, 0.29) is 0 Å². The normalized spacial score (nSPS) is 27.1. The van der Waals surface area contributed by atoms with Crippen LogP contribution in [0, 0.1) is 11.8 Å². The summed E-state index contributed by atoms with van der Waals surface area (Å²) in [5, 5.41) is 3.54. The van der Waals surface area contributed by atoms with Crippen molar-refractivity contribution in [3.8, 4) is 0 Å². The predicted molar refractivity (Wildman–Crippen MR) is 64.5 cm³/mol. The Bertz CT molecular complexity index is 307. The molecule has 1 nitrogen and oxygen atoms in total. The topological polar surface area (TPSA) is 12.0 Å². The minimum atomic E-state index is 0.603. The van der Waals surface area contributed by atoms with Crippen LogP contribution in [0.1, 0.15) is 20.3 Å².